The summed E-state index contributed by atoms with van der Waals surface area (Å²) in [6.45, 7) is 3.81. The number of aryl methyl sites for hydroxylation is 2. The summed E-state index contributed by atoms with van der Waals surface area (Å²) in [4.78, 5) is 26.6. The van der Waals surface area contributed by atoms with Crippen LogP contribution in [-0.2, 0) is 7.05 Å². The summed E-state index contributed by atoms with van der Waals surface area (Å²) in [5, 5.41) is 11.2. The molecule has 0 radical (unpaired) electrons. The number of nitrogens with zero attached hydrogens (tertiary/aromatic N) is 3. The summed E-state index contributed by atoms with van der Waals surface area (Å²) in [6.07, 6.45) is 1.62. The second kappa shape index (κ2) is 6.03. The van der Waals surface area contributed by atoms with Crippen LogP contribution in [0.3, 0.4) is 0 Å². The van der Waals surface area contributed by atoms with Gasteiger partial charge in [-0.2, -0.15) is 10.2 Å². The van der Waals surface area contributed by atoms with Crippen molar-refractivity contribution in [3.05, 3.63) is 47.2 Å². The maximum absolute atomic E-state index is 12.1. The van der Waals surface area contributed by atoms with E-state index in [2.05, 4.69) is 31.1 Å². The van der Waals surface area contributed by atoms with Crippen LogP contribution in [0.2, 0.25) is 0 Å². The molecule has 0 saturated heterocycles. The van der Waals surface area contributed by atoms with Gasteiger partial charge >= 0.3 is 0 Å². The van der Waals surface area contributed by atoms with Crippen LogP contribution < -0.4 is 10.9 Å². The summed E-state index contributed by atoms with van der Waals surface area (Å²) in [6, 6.07) is 4.91. The Bertz CT molecular complexity index is 889. The number of amides is 2. The number of nitrogens with one attached hydrogen (secondary N) is 4. The van der Waals surface area contributed by atoms with E-state index in [1.807, 2.05) is 20.9 Å². The Hall–Kier alpha value is -3.36. The second-order valence-electron chi connectivity index (χ2n) is 5.33. The molecule has 0 saturated carbocycles. The van der Waals surface area contributed by atoms with E-state index in [1.54, 1.807) is 29.1 Å². The van der Waals surface area contributed by atoms with Gasteiger partial charge < -0.3 is 4.98 Å². The summed E-state index contributed by atoms with van der Waals surface area (Å²) < 4.78 is 1.76. The number of carbonyl (C=O) groups is 2. The van der Waals surface area contributed by atoms with E-state index in [9.17, 15) is 9.59 Å². The molecule has 0 aliphatic carbocycles. The van der Waals surface area contributed by atoms with Gasteiger partial charge in [0, 0.05) is 24.5 Å². The molecule has 0 unspecified atom stereocenters. The first kappa shape index (κ1) is 15.5. The molecule has 3 heterocycles. The van der Waals surface area contributed by atoms with Gasteiger partial charge in [0.1, 0.15) is 11.4 Å². The average Bonchev–Trinajstić information content (AvgIpc) is 3.27. The van der Waals surface area contributed by atoms with Crippen LogP contribution in [-0.4, -0.2) is 36.8 Å². The van der Waals surface area contributed by atoms with Crippen molar-refractivity contribution >= 4 is 11.8 Å². The summed E-state index contributed by atoms with van der Waals surface area (Å²) >= 11 is 0. The Morgan fingerprint density at radius 3 is 2.46 bits per heavy atom. The Morgan fingerprint density at radius 1 is 1.17 bits per heavy atom. The van der Waals surface area contributed by atoms with Gasteiger partial charge in [0.25, 0.3) is 11.8 Å². The molecule has 4 N–H and O–H groups in total. The molecule has 0 fully saturated rings. The first-order valence-corrected chi connectivity index (χ1v) is 7.27. The number of hydrogen-bond donors (Lipinski definition) is 4. The minimum absolute atomic E-state index is 0.236. The van der Waals surface area contributed by atoms with Gasteiger partial charge in [0.15, 0.2) is 0 Å². The van der Waals surface area contributed by atoms with Gasteiger partial charge in [0.05, 0.1) is 11.4 Å². The Kier molecular flexibility index (Phi) is 3.90. The Morgan fingerprint density at radius 2 is 1.88 bits per heavy atom. The van der Waals surface area contributed by atoms with Crippen LogP contribution in [0.4, 0.5) is 0 Å². The first-order chi connectivity index (χ1) is 11.5. The fourth-order valence-corrected chi connectivity index (χ4v) is 2.43. The van der Waals surface area contributed by atoms with Crippen LogP contribution in [0, 0.1) is 13.8 Å². The molecule has 24 heavy (non-hydrogen) atoms. The zero-order valence-corrected chi connectivity index (χ0v) is 13.5. The molecular weight excluding hydrogens is 310 g/mol. The zero-order chi connectivity index (χ0) is 17.3. The molecule has 0 spiro atoms. The molecule has 124 valence electrons. The van der Waals surface area contributed by atoms with Gasteiger partial charge in [-0.3, -0.25) is 30.2 Å². The van der Waals surface area contributed by atoms with Crippen LogP contribution in [0.25, 0.3) is 11.3 Å². The Balaban J connectivity index is 1.71. The van der Waals surface area contributed by atoms with E-state index < -0.39 is 11.8 Å². The number of aromatic amines is 2. The monoisotopic (exact) mass is 327 g/mol. The predicted molar refractivity (Wildman–Crippen MR) is 86.0 cm³/mol. The van der Waals surface area contributed by atoms with Crippen molar-refractivity contribution in [2.75, 3.05) is 0 Å². The van der Waals surface area contributed by atoms with Crippen molar-refractivity contribution in [1.82, 2.24) is 35.8 Å². The normalized spacial score (nSPS) is 10.6. The molecule has 3 aromatic rings. The highest BCUT2D eigenvalue weighted by atomic mass is 16.2. The van der Waals surface area contributed by atoms with Gasteiger partial charge in [-0.15, -0.1) is 0 Å². The summed E-state index contributed by atoms with van der Waals surface area (Å²) in [7, 11) is 1.85. The molecule has 0 aliphatic rings. The maximum Gasteiger partial charge on any atom is 0.287 e. The topological polar surface area (TPSA) is 120 Å². The SMILES string of the molecule is Cc1nn(C)c(C)c1-c1cc(C(=O)NNC(=O)c2ccc[nH]2)[nH]n1. The van der Waals surface area contributed by atoms with E-state index in [4.69, 9.17) is 0 Å². The highest BCUT2D eigenvalue weighted by Crippen LogP contribution is 2.24. The number of H-pyrrole nitrogens is 2. The largest absolute Gasteiger partial charge is 0.357 e. The third-order valence-electron chi connectivity index (χ3n) is 3.72. The lowest BCUT2D eigenvalue weighted by molar-refractivity contribution is 0.0841. The lowest BCUT2D eigenvalue weighted by atomic mass is 10.1. The Labute approximate surface area is 137 Å². The molecule has 9 heteroatoms. The number of rotatable bonds is 3. The third kappa shape index (κ3) is 2.78. The van der Waals surface area contributed by atoms with Crippen molar-refractivity contribution in [2.24, 2.45) is 7.05 Å². The van der Waals surface area contributed by atoms with Crippen molar-refractivity contribution in [3.8, 4) is 11.3 Å². The lowest BCUT2D eigenvalue weighted by Crippen LogP contribution is -2.41. The fourth-order valence-electron chi connectivity index (χ4n) is 2.43. The van der Waals surface area contributed by atoms with Crippen LogP contribution in [0.15, 0.2) is 24.4 Å². The minimum atomic E-state index is -0.493. The van der Waals surface area contributed by atoms with Crippen molar-refractivity contribution in [3.63, 3.8) is 0 Å². The van der Waals surface area contributed by atoms with E-state index in [0.29, 0.717) is 11.4 Å². The number of hydrogen-bond acceptors (Lipinski definition) is 4. The molecule has 9 nitrogen and oxygen atoms in total. The van der Waals surface area contributed by atoms with Crippen LogP contribution >= 0.6 is 0 Å². The zero-order valence-electron chi connectivity index (χ0n) is 13.5. The smallest absolute Gasteiger partial charge is 0.287 e. The highest BCUT2D eigenvalue weighted by Gasteiger charge is 2.17. The molecule has 2 amide bonds. The molecule has 0 aromatic carbocycles. The lowest BCUT2D eigenvalue weighted by Gasteiger charge is -2.04. The van der Waals surface area contributed by atoms with Gasteiger partial charge in [0.2, 0.25) is 0 Å². The molecule has 0 bridgehead atoms. The highest BCUT2D eigenvalue weighted by molar-refractivity contribution is 5.97. The van der Waals surface area contributed by atoms with E-state index >= 15 is 0 Å². The van der Waals surface area contributed by atoms with E-state index in [1.165, 1.54) is 0 Å². The standard InChI is InChI=1S/C15H17N7O2/c1-8-13(9(2)22(3)21-8)11-7-12(18-17-11)15(24)20-19-14(23)10-5-4-6-16-10/h4-7,16H,1-3H3,(H,17,18)(H,19,23)(H,20,24). The maximum atomic E-state index is 12.1. The second-order valence-corrected chi connectivity index (χ2v) is 5.33. The number of aromatic nitrogens is 5. The molecule has 0 aliphatic heterocycles. The van der Waals surface area contributed by atoms with Crippen LogP contribution in [0.1, 0.15) is 32.4 Å². The average molecular weight is 327 g/mol. The van der Waals surface area contributed by atoms with Crippen LogP contribution in [0.5, 0.6) is 0 Å². The van der Waals surface area contributed by atoms with E-state index in [-0.39, 0.29) is 5.69 Å². The first-order valence-electron chi connectivity index (χ1n) is 7.27. The number of hydrazine groups is 1. The van der Waals surface area contributed by atoms with Gasteiger partial charge in [-0.05, 0) is 32.0 Å². The molecule has 3 rings (SSSR count). The van der Waals surface area contributed by atoms with E-state index in [0.717, 1.165) is 17.0 Å². The fraction of sp³-hybridized carbons (Fsp3) is 0.200. The van der Waals surface area contributed by atoms with Crippen molar-refractivity contribution < 1.29 is 9.59 Å². The predicted octanol–water partition coefficient (Wildman–Crippen LogP) is 0.830. The molecule has 0 atom stereocenters. The number of carbonyl (C=O) groups excluding carboxylic acids is 2. The third-order valence-corrected chi connectivity index (χ3v) is 3.72. The van der Waals surface area contributed by atoms with Crippen molar-refractivity contribution in [1.29, 1.82) is 0 Å². The summed E-state index contributed by atoms with van der Waals surface area (Å²) in [5.74, 6) is -0.931. The minimum Gasteiger partial charge on any atom is -0.357 e. The van der Waals surface area contributed by atoms with Gasteiger partial charge in [-0.1, -0.05) is 0 Å². The quantitative estimate of drug-likeness (QED) is 0.532. The van der Waals surface area contributed by atoms with Gasteiger partial charge in [-0.25, -0.2) is 0 Å². The summed E-state index contributed by atoms with van der Waals surface area (Å²) in [5.41, 5.74) is 8.53. The molecule has 3 aromatic heterocycles. The molecular formula is C15H17N7O2. The van der Waals surface area contributed by atoms with Crippen molar-refractivity contribution in [2.45, 2.75) is 13.8 Å².